The van der Waals surface area contributed by atoms with Crippen molar-refractivity contribution in [1.82, 2.24) is 4.90 Å². The van der Waals surface area contributed by atoms with E-state index in [0.29, 0.717) is 18.8 Å². The lowest BCUT2D eigenvalue weighted by Crippen LogP contribution is -2.34. The van der Waals surface area contributed by atoms with Gasteiger partial charge in [-0.15, -0.1) is 0 Å². The predicted molar refractivity (Wildman–Crippen MR) is 90.3 cm³/mol. The zero-order valence-electron chi connectivity index (χ0n) is 14.0. The summed E-state index contributed by atoms with van der Waals surface area (Å²) >= 11 is 0. The molecule has 0 saturated heterocycles. The Morgan fingerprint density at radius 2 is 1.88 bits per heavy atom. The standard InChI is InChI=1S/C19H21NO4/c1-3-20(11-15-6-9-17-18(10-15)24-13-23-17)19(21)12-22-16-7-4-14(2)5-8-16/h4-10H,3,11-13H2,1-2H3. The molecule has 1 aliphatic rings. The first kappa shape index (κ1) is 16.2. The lowest BCUT2D eigenvalue weighted by atomic mass is 10.2. The number of rotatable bonds is 6. The molecule has 0 bridgehead atoms. The highest BCUT2D eigenvalue weighted by molar-refractivity contribution is 5.77. The summed E-state index contributed by atoms with van der Waals surface area (Å²) in [6.07, 6.45) is 0. The van der Waals surface area contributed by atoms with E-state index >= 15 is 0 Å². The Morgan fingerprint density at radius 3 is 2.62 bits per heavy atom. The fourth-order valence-electron chi connectivity index (χ4n) is 2.51. The lowest BCUT2D eigenvalue weighted by molar-refractivity contribution is -0.133. The molecule has 5 heteroatoms. The average Bonchev–Trinajstić information content (AvgIpc) is 3.06. The van der Waals surface area contributed by atoms with Gasteiger partial charge in [-0.1, -0.05) is 23.8 Å². The molecule has 1 aliphatic heterocycles. The van der Waals surface area contributed by atoms with E-state index in [4.69, 9.17) is 14.2 Å². The molecular weight excluding hydrogens is 306 g/mol. The minimum atomic E-state index is -0.0456. The van der Waals surface area contributed by atoms with Crippen molar-refractivity contribution < 1.29 is 19.0 Å². The van der Waals surface area contributed by atoms with E-state index in [2.05, 4.69) is 0 Å². The van der Waals surface area contributed by atoms with Gasteiger partial charge in [0.05, 0.1) is 0 Å². The smallest absolute Gasteiger partial charge is 0.260 e. The number of fused-ring (bicyclic) bond motifs is 1. The molecule has 1 heterocycles. The van der Waals surface area contributed by atoms with Crippen molar-refractivity contribution in [3.63, 3.8) is 0 Å². The molecule has 126 valence electrons. The molecule has 0 radical (unpaired) electrons. The van der Waals surface area contributed by atoms with Crippen LogP contribution in [0.15, 0.2) is 42.5 Å². The second-order valence-electron chi connectivity index (χ2n) is 5.70. The van der Waals surface area contributed by atoms with Gasteiger partial charge in [0.2, 0.25) is 6.79 Å². The zero-order chi connectivity index (χ0) is 16.9. The third kappa shape index (κ3) is 3.79. The molecule has 2 aromatic rings. The number of ether oxygens (including phenoxy) is 3. The number of aryl methyl sites for hydroxylation is 1. The number of hydrogen-bond acceptors (Lipinski definition) is 4. The Bertz CT molecular complexity index is 712. The van der Waals surface area contributed by atoms with Crippen molar-refractivity contribution in [2.75, 3.05) is 19.9 Å². The third-order valence-electron chi connectivity index (χ3n) is 3.93. The first-order valence-corrected chi connectivity index (χ1v) is 8.01. The summed E-state index contributed by atoms with van der Waals surface area (Å²) in [5.41, 5.74) is 2.16. The molecule has 0 spiro atoms. The quantitative estimate of drug-likeness (QED) is 0.818. The van der Waals surface area contributed by atoms with Crippen molar-refractivity contribution in [1.29, 1.82) is 0 Å². The Labute approximate surface area is 141 Å². The first-order valence-electron chi connectivity index (χ1n) is 8.01. The minimum Gasteiger partial charge on any atom is -0.484 e. The molecule has 0 saturated carbocycles. The molecule has 0 N–H and O–H groups in total. The molecule has 24 heavy (non-hydrogen) atoms. The highest BCUT2D eigenvalue weighted by Crippen LogP contribution is 2.32. The number of hydrogen-bond donors (Lipinski definition) is 0. The Balaban J connectivity index is 1.58. The van der Waals surface area contributed by atoms with E-state index in [0.717, 1.165) is 22.6 Å². The maximum atomic E-state index is 12.4. The van der Waals surface area contributed by atoms with Gasteiger partial charge < -0.3 is 19.1 Å². The van der Waals surface area contributed by atoms with Crippen LogP contribution in [0.25, 0.3) is 0 Å². The van der Waals surface area contributed by atoms with Gasteiger partial charge in [0.1, 0.15) is 5.75 Å². The van der Waals surface area contributed by atoms with Crippen molar-refractivity contribution >= 4 is 5.91 Å². The molecule has 0 atom stereocenters. The summed E-state index contributed by atoms with van der Waals surface area (Å²) in [4.78, 5) is 14.2. The third-order valence-corrected chi connectivity index (χ3v) is 3.93. The molecule has 1 amide bonds. The van der Waals surface area contributed by atoms with Gasteiger partial charge in [0, 0.05) is 13.1 Å². The second kappa shape index (κ2) is 7.25. The SMILES string of the molecule is CCN(Cc1ccc2c(c1)OCO2)C(=O)COc1ccc(C)cc1. The molecule has 3 rings (SSSR count). The van der Waals surface area contributed by atoms with Gasteiger partial charge in [-0.3, -0.25) is 4.79 Å². The van der Waals surface area contributed by atoms with E-state index < -0.39 is 0 Å². The normalized spacial score (nSPS) is 12.1. The van der Waals surface area contributed by atoms with E-state index in [1.165, 1.54) is 0 Å². The fraction of sp³-hybridized carbons (Fsp3) is 0.316. The van der Waals surface area contributed by atoms with Crippen LogP contribution in [0.5, 0.6) is 17.2 Å². The highest BCUT2D eigenvalue weighted by atomic mass is 16.7. The van der Waals surface area contributed by atoms with Crippen LogP contribution < -0.4 is 14.2 Å². The van der Waals surface area contributed by atoms with E-state index in [-0.39, 0.29) is 19.3 Å². The summed E-state index contributed by atoms with van der Waals surface area (Å²) in [5.74, 6) is 2.13. The number of benzene rings is 2. The van der Waals surface area contributed by atoms with Crippen LogP contribution in [0.3, 0.4) is 0 Å². The van der Waals surface area contributed by atoms with E-state index in [9.17, 15) is 4.79 Å². The highest BCUT2D eigenvalue weighted by Gasteiger charge is 2.17. The first-order chi connectivity index (χ1) is 11.7. The molecule has 2 aromatic carbocycles. The van der Waals surface area contributed by atoms with Crippen LogP contribution >= 0.6 is 0 Å². The monoisotopic (exact) mass is 327 g/mol. The summed E-state index contributed by atoms with van der Waals surface area (Å²) < 4.78 is 16.3. The molecular formula is C19H21NO4. The predicted octanol–water partition coefficient (Wildman–Crippen LogP) is 3.15. The Morgan fingerprint density at radius 1 is 1.12 bits per heavy atom. The summed E-state index contributed by atoms with van der Waals surface area (Å²) in [6, 6.07) is 13.4. The topological polar surface area (TPSA) is 48.0 Å². The van der Waals surface area contributed by atoms with Crippen LogP contribution in [0, 0.1) is 6.92 Å². The molecule has 5 nitrogen and oxygen atoms in total. The number of carbonyl (C=O) groups is 1. The molecule has 0 fully saturated rings. The maximum Gasteiger partial charge on any atom is 0.260 e. The van der Waals surface area contributed by atoms with Gasteiger partial charge >= 0.3 is 0 Å². The number of amides is 1. The number of likely N-dealkylation sites (N-methyl/N-ethyl adjacent to an activating group) is 1. The molecule has 0 unspecified atom stereocenters. The van der Waals surface area contributed by atoms with Crippen molar-refractivity contribution in [2.45, 2.75) is 20.4 Å². The summed E-state index contributed by atoms with van der Waals surface area (Å²) in [6.45, 7) is 5.38. The van der Waals surface area contributed by atoms with Crippen LogP contribution in [-0.4, -0.2) is 30.8 Å². The lowest BCUT2D eigenvalue weighted by Gasteiger charge is -2.21. The second-order valence-corrected chi connectivity index (χ2v) is 5.70. The van der Waals surface area contributed by atoms with Crippen molar-refractivity contribution in [2.24, 2.45) is 0 Å². The number of nitrogens with zero attached hydrogens (tertiary/aromatic N) is 1. The van der Waals surface area contributed by atoms with Gasteiger partial charge in [-0.05, 0) is 43.7 Å². The average molecular weight is 327 g/mol. The largest absolute Gasteiger partial charge is 0.484 e. The molecule has 0 aliphatic carbocycles. The summed E-state index contributed by atoms with van der Waals surface area (Å²) in [5, 5.41) is 0. The Hall–Kier alpha value is -2.69. The van der Waals surface area contributed by atoms with Gasteiger partial charge in [-0.25, -0.2) is 0 Å². The van der Waals surface area contributed by atoms with Crippen molar-refractivity contribution in [3.05, 3.63) is 53.6 Å². The molecule has 0 aromatic heterocycles. The van der Waals surface area contributed by atoms with Crippen molar-refractivity contribution in [3.8, 4) is 17.2 Å². The van der Waals surface area contributed by atoms with Crippen LogP contribution in [0.4, 0.5) is 0 Å². The minimum absolute atomic E-state index is 0.0292. The van der Waals surface area contributed by atoms with Gasteiger partial charge in [-0.2, -0.15) is 0 Å². The van der Waals surface area contributed by atoms with E-state index in [1.54, 1.807) is 4.90 Å². The van der Waals surface area contributed by atoms with Crippen LogP contribution in [0.2, 0.25) is 0 Å². The number of carbonyl (C=O) groups excluding carboxylic acids is 1. The van der Waals surface area contributed by atoms with Crippen LogP contribution in [-0.2, 0) is 11.3 Å². The zero-order valence-corrected chi connectivity index (χ0v) is 14.0. The van der Waals surface area contributed by atoms with Gasteiger partial charge in [0.15, 0.2) is 18.1 Å². The summed E-state index contributed by atoms with van der Waals surface area (Å²) in [7, 11) is 0. The Kier molecular flexibility index (Phi) is 4.89. The van der Waals surface area contributed by atoms with Gasteiger partial charge in [0.25, 0.3) is 5.91 Å². The van der Waals surface area contributed by atoms with E-state index in [1.807, 2.05) is 56.3 Å². The van der Waals surface area contributed by atoms with Crippen LogP contribution in [0.1, 0.15) is 18.1 Å². The maximum absolute atomic E-state index is 12.4. The fourth-order valence-corrected chi connectivity index (χ4v) is 2.51.